The molecule has 2 aromatic rings. The van der Waals surface area contributed by atoms with E-state index in [9.17, 15) is 4.79 Å². The van der Waals surface area contributed by atoms with Gasteiger partial charge in [-0.15, -0.1) is 0 Å². The number of ether oxygens (including phenoxy) is 1. The Morgan fingerprint density at radius 2 is 2.14 bits per heavy atom. The van der Waals surface area contributed by atoms with E-state index in [1.807, 2.05) is 12.1 Å². The third-order valence-corrected chi connectivity index (χ3v) is 4.02. The number of nitrogens with one attached hydrogen (secondary N) is 1. The molecule has 7 heteroatoms. The fourth-order valence-corrected chi connectivity index (χ4v) is 2.85. The molecule has 0 aliphatic carbocycles. The molecule has 1 aromatic heterocycles. The van der Waals surface area contributed by atoms with Crippen LogP contribution in [-0.2, 0) is 11.2 Å². The predicted octanol–water partition coefficient (Wildman–Crippen LogP) is 1.48. The maximum atomic E-state index is 12.0. The largest absolute Gasteiger partial charge is 0.379 e. The van der Waals surface area contributed by atoms with Gasteiger partial charge in [0, 0.05) is 24.5 Å². The zero-order valence-corrected chi connectivity index (χ0v) is 13.1. The Balaban J connectivity index is 1.68. The molecule has 0 saturated carbocycles. The first-order valence-electron chi connectivity index (χ1n) is 7.46. The first kappa shape index (κ1) is 15.3. The van der Waals surface area contributed by atoms with Crippen molar-refractivity contribution in [3.05, 3.63) is 45.6 Å². The average Bonchev–Trinajstić information content (AvgIpc) is 2.89. The zero-order valence-electron chi connectivity index (χ0n) is 12.3. The van der Waals surface area contributed by atoms with Crippen LogP contribution in [0.2, 0.25) is 5.02 Å². The van der Waals surface area contributed by atoms with Gasteiger partial charge in [-0.25, -0.2) is 14.5 Å². The Kier molecular flexibility index (Phi) is 4.92. The number of nitrogens with zero attached hydrogens (tertiary/aromatic N) is 3. The Morgan fingerprint density at radius 3 is 2.91 bits per heavy atom. The number of hydrogen-bond donors (Lipinski definition) is 1. The highest BCUT2D eigenvalue weighted by Gasteiger charge is 2.13. The summed E-state index contributed by atoms with van der Waals surface area (Å²) in [5, 5.41) is 7.27. The van der Waals surface area contributed by atoms with Crippen LogP contribution in [-0.4, -0.2) is 52.5 Å². The molecule has 1 fully saturated rings. The van der Waals surface area contributed by atoms with E-state index in [-0.39, 0.29) is 5.69 Å². The van der Waals surface area contributed by atoms with E-state index >= 15 is 0 Å². The smallest absolute Gasteiger partial charge is 0.347 e. The summed E-state index contributed by atoms with van der Waals surface area (Å²) in [5.41, 5.74) is 0.510. The number of aromatic amines is 1. The zero-order chi connectivity index (χ0) is 15.4. The van der Waals surface area contributed by atoms with E-state index in [4.69, 9.17) is 16.3 Å². The van der Waals surface area contributed by atoms with Crippen LogP contribution in [0, 0.1) is 0 Å². The van der Waals surface area contributed by atoms with Gasteiger partial charge in [0.05, 0.1) is 18.9 Å². The molecule has 0 spiro atoms. The van der Waals surface area contributed by atoms with Crippen molar-refractivity contribution in [1.82, 2.24) is 19.7 Å². The highest BCUT2D eigenvalue weighted by Crippen LogP contribution is 2.15. The summed E-state index contributed by atoms with van der Waals surface area (Å²) in [4.78, 5) is 14.4. The van der Waals surface area contributed by atoms with Crippen molar-refractivity contribution in [3.63, 3.8) is 0 Å². The van der Waals surface area contributed by atoms with Gasteiger partial charge in [0.2, 0.25) is 0 Å². The topological polar surface area (TPSA) is 63.1 Å². The molecule has 1 N–H and O–H groups in total. The Labute approximate surface area is 133 Å². The highest BCUT2D eigenvalue weighted by atomic mass is 35.5. The predicted molar refractivity (Wildman–Crippen MR) is 84.8 cm³/mol. The first-order chi connectivity index (χ1) is 10.7. The monoisotopic (exact) mass is 322 g/mol. The lowest BCUT2D eigenvalue weighted by Crippen LogP contribution is -2.37. The summed E-state index contributed by atoms with van der Waals surface area (Å²) in [6, 6.07) is 7.24. The Morgan fingerprint density at radius 1 is 1.32 bits per heavy atom. The van der Waals surface area contributed by atoms with Gasteiger partial charge >= 0.3 is 5.69 Å². The molecule has 0 atom stereocenters. The maximum absolute atomic E-state index is 12.0. The van der Waals surface area contributed by atoms with Crippen molar-refractivity contribution in [1.29, 1.82) is 0 Å². The van der Waals surface area contributed by atoms with Crippen molar-refractivity contribution in [2.24, 2.45) is 0 Å². The van der Waals surface area contributed by atoms with Crippen molar-refractivity contribution in [3.8, 4) is 5.69 Å². The van der Waals surface area contributed by atoms with Crippen LogP contribution in [0.15, 0.2) is 29.1 Å². The number of H-pyrrole nitrogens is 1. The number of benzene rings is 1. The van der Waals surface area contributed by atoms with E-state index in [2.05, 4.69) is 15.1 Å². The third-order valence-electron chi connectivity index (χ3n) is 3.79. The molecule has 1 saturated heterocycles. The van der Waals surface area contributed by atoms with Gasteiger partial charge in [-0.3, -0.25) is 4.90 Å². The summed E-state index contributed by atoms with van der Waals surface area (Å²) < 4.78 is 6.93. The molecule has 22 heavy (non-hydrogen) atoms. The summed E-state index contributed by atoms with van der Waals surface area (Å²) >= 11 is 6.01. The quantitative estimate of drug-likeness (QED) is 0.905. The lowest BCUT2D eigenvalue weighted by Gasteiger charge is -2.26. The molecule has 0 bridgehead atoms. The van der Waals surface area contributed by atoms with E-state index in [1.54, 1.807) is 16.7 Å². The van der Waals surface area contributed by atoms with Crippen molar-refractivity contribution in [2.45, 2.75) is 12.8 Å². The van der Waals surface area contributed by atoms with E-state index < -0.39 is 0 Å². The minimum Gasteiger partial charge on any atom is -0.379 e. The van der Waals surface area contributed by atoms with Gasteiger partial charge in [-0.2, -0.15) is 5.10 Å². The number of aryl methyl sites for hydroxylation is 1. The molecule has 1 aliphatic heterocycles. The highest BCUT2D eigenvalue weighted by molar-refractivity contribution is 6.30. The standard InChI is InChI=1S/C15H19ClN4O2/c16-12-3-1-4-13(11-12)20-14(17-18-15(20)21)5-2-6-19-7-9-22-10-8-19/h1,3-4,11H,2,5-10H2,(H,18,21). The van der Waals surface area contributed by atoms with Crippen molar-refractivity contribution in [2.75, 3.05) is 32.8 Å². The number of halogens is 1. The summed E-state index contributed by atoms with van der Waals surface area (Å²) in [6.07, 6.45) is 1.69. The van der Waals surface area contributed by atoms with Crippen LogP contribution in [0.25, 0.3) is 5.69 Å². The van der Waals surface area contributed by atoms with Crippen LogP contribution < -0.4 is 5.69 Å². The minimum atomic E-state index is -0.233. The average molecular weight is 323 g/mol. The summed E-state index contributed by atoms with van der Waals surface area (Å²) in [7, 11) is 0. The fourth-order valence-electron chi connectivity index (χ4n) is 2.66. The molecule has 0 radical (unpaired) electrons. The number of morpholine rings is 1. The molecule has 0 amide bonds. The second kappa shape index (κ2) is 7.09. The normalized spacial score (nSPS) is 16.0. The van der Waals surface area contributed by atoms with Crippen molar-refractivity contribution >= 4 is 11.6 Å². The fraction of sp³-hybridized carbons (Fsp3) is 0.467. The molecular weight excluding hydrogens is 304 g/mol. The first-order valence-corrected chi connectivity index (χ1v) is 7.84. The van der Waals surface area contributed by atoms with Crippen LogP contribution in [0.5, 0.6) is 0 Å². The van der Waals surface area contributed by atoms with Crippen molar-refractivity contribution < 1.29 is 4.74 Å². The Bertz CT molecular complexity index is 676. The van der Waals surface area contributed by atoms with E-state index in [1.165, 1.54) is 0 Å². The van der Waals surface area contributed by atoms with E-state index in [0.717, 1.165) is 57.2 Å². The maximum Gasteiger partial charge on any atom is 0.347 e. The van der Waals surface area contributed by atoms with Gasteiger partial charge in [0.1, 0.15) is 5.82 Å². The van der Waals surface area contributed by atoms with E-state index in [0.29, 0.717) is 5.02 Å². The second-order valence-corrected chi connectivity index (χ2v) is 5.75. The molecular formula is C15H19ClN4O2. The van der Waals surface area contributed by atoms with Crippen LogP contribution in [0.1, 0.15) is 12.2 Å². The van der Waals surface area contributed by atoms with Crippen LogP contribution in [0.4, 0.5) is 0 Å². The van der Waals surface area contributed by atoms with Gasteiger partial charge in [0.15, 0.2) is 0 Å². The summed E-state index contributed by atoms with van der Waals surface area (Å²) in [5.74, 6) is 0.737. The van der Waals surface area contributed by atoms with Gasteiger partial charge in [-0.1, -0.05) is 17.7 Å². The molecule has 1 aromatic carbocycles. The van der Waals surface area contributed by atoms with Gasteiger partial charge < -0.3 is 4.74 Å². The van der Waals surface area contributed by atoms with Gasteiger partial charge in [-0.05, 0) is 31.2 Å². The lowest BCUT2D eigenvalue weighted by molar-refractivity contribution is 0.0374. The van der Waals surface area contributed by atoms with Crippen LogP contribution in [0.3, 0.4) is 0 Å². The summed E-state index contributed by atoms with van der Waals surface area (Å²) in [6.45, 7) is 4.54. The SMILES string of the molecule is O=c1[nH]nc(CCCN2CCOCC2)n1-c1cccc(Cl)c1. The Hall–Kier alpha value is -1.63. The molecule has 6 nitrogen and oxygen atoms in total. The molecule has 1 aliphatic rings. The molecule has 0 unspecified atom stereocenters. The molecule has 2 heterocycles. The molecule has 3 rings (SSSR count). The number of aromatic nitrogens is 3. The number of rotatable bonds is 5. The van der Waals surface area contributed by atoms with Crippen LogP contribution >= 0.6 is 11.6 Å². The van der Waals surface area contributed by atoms with Gasteiger partial charge in [0.25, 0.3) is 0 Å². The minimum absolute atomic E-state index is 0.233. The molecule has 118 valence electrons. The number of hydrogen-bond acceptors (Lipinski definition) is 4. The second-order valence-electron chi connectivity index (χ2n) is 5.32. The lowest BCUT2D eigenvalue weighted by atomic mass is 10.2. The third kappa shape index (κ3) is 3.58.